The minimum Gasteiger partial charge on any atom is -0.399 e. The summed E-state index contributed by atoms with van der Waals surface area (Å²) in [4.78, 5) is 3.04. The molecule has 1 rings (SSSR count). The number of nitrogens with zero attached hydrogens (tertiary/aromatic N) is 2. The molecule has 0 N–H and O–H groups in total. The molecule has 1 aromatic heterocycles. The van der Waals surface area contributed by atoms with Crippen molar-refractivity contribution in [2.45, 2.75) is 6.36 Å². The van der Waals surface area contributed by atoms with E-state index in [-0.39, 0.29) is 4.60 Å². The molecule has 0 saturated carbocycles. The van der Waals surface area contributed by atoms with Crippen LogP contribution in [0.25, 0.3) is 0 Å². The van der Waals surface area contributed by atoms with E-state index in [4.69, 9.17) is 5.26 Å². The number of aromatic nitrogens is 1. The SMILES string of the molecule is N#Cc1cc(Br)nc(F)c1OC(F)(F)F. The Hall–Kier alpha value is -1.36. The Morgan fingerprint density at radius 2 is 2.07 bits per heavy atom. The molecule has 0 aliphatic carbocycles. The Morgan fingerprint density at radius 1 is 1.47 bits per heavy atom. The molecule has 80 valence electrons. The summed E-state index contributed by atoms with van der Waals surface area (Å²) in [7, 11) is 0. The van der Waals surface area contributed by atoms with Crippen LogP contribution in [0.5, 0.6) is 5.75 Å². The van der Waals surface area contributed by atoms with Crippen molar-refractivity contribution in [3.8, 4) is 11.8 Å². The van der Waals surface area contributed by atoms with Crippen LogP contribution in [0.3, 0.4) is 0 Å². The molecule has 0 unspecified atom stereocenters. The van der Waals surface area contributed by atoms with E-state index in [9.17, 15) is 17.6 Å². The van der Waals surface area contributed by atoms with E-state index < -0.39 is 23.6 Å². The molecule has 1 aromatic rings. The van der Waals surface area contributed by atoms with E-state index in [0.717, 1.165) is 6.07 Å². The van der Waals surface area contributed by atoms with Gasteiger partial charge in [-0.25, -0.2) is 4.98 Å². The Labute approximate surface area is 89.4 Å². The van der Waals surface area contributed by atoms with Crippen LogP contribution in [-0.2, 0) is 0 Å². The van der Waals surface area contributed by atoms with Crippen molar-refractivity contribution >= 4 is 15.9 Å². The fourth-order valence-corrected chi connectivity index (χ4v) is 1.15. The first kappa shape index (κ1) is 11.7. The molecule has 0 aliphatic rings. The zero-order valence-electron chi connectivity index (χ0n) is 6.77. The molecule has 0 saturated heterocycles. The number of rotatable bonds is 1. The maximum absolute atomic E-state index is 12.9. The van der Waals surface area contributed by atoms with Gasteiger partial charge in [-0.05, 0) is 22.0 Å². The first-order chi connectivity index (χ1) is 6.83. The lowest BCUT2D eigenvalue weighted by Crippen LogP contribution is -2.19. The van der Waals surface area contributed by atoms with E-state index in [1.165, 1.54) is 6.07 Å². The molecule has 0 aromatic carbocycles. The highest BCUT2D eigenvalue weighted by atomic mass is 79.9. The molecular formula is C7HBrF4N2O. The Balaban J connectivity index is 3.23. The molecule has 0 aliphatic heterocycles. The van der Waals surface area contributed by atoms with Gasteiger partial charge in [0.05, 0.1) is 0 Å². The molecule has 0 spiro atoms. The van der Waals surface area contributed by atoms with Crippen molar-refractivity contribution in [2.75, 3.05) is 0 Å². The smallest absolute Gasteiger partial charge is 0.399 e. The Bertz CT molecular complexity index is 426. The molecule has 15 heavy (non-hydrogen) atoms. The standard InChI is InChI=1S/C7HBrF4N2O/c8-4-1-3(2-13)5(6(9)14-4)15-7(10,11)12/h1H. The van der Waals surface area contributed by atoms with Crippen molar-refractivity contribution in [1.82, 2.24) is 4.98 Å². The third kappa shape index (κ3) is 3.06. The number of hydrogen-bond acceptors (Lipinski definition) is 3. The molecule has 1 heterocycles. The number of alkyl halides is 3. The molecule has 0 fully saturated rings. The maximum atomic E-state index is 12.9. The van der Waals surface area contributed by atoms with Crippen LogP contribution >= 0.6 is 15.9 Å². The normalized spacial score (nSPS) is 10.9. The van der Waals surface area contributed by atoms with E-state index in [0.29, 0.717) is 0 Å². The topological polar surface area (TPSA) is 45.9 Å². The number of nitriles is 1. The predicted octanol–water partition coefficient (Wildman–Crippen LogP) is 2.75. The highest BCUT2D eigenvalue weighted by Crippen LogP contribution is 2.29. The second-order valence-corrected chi connectivity index (χ2v) is 3.08. The summed E-state index contributed by atoms with van der Waals surface area (Å²) in [6, 6.07) is 2.29. The average molecular weight is 285 g/mol. The zero-order valence-corrected chi connectivity index (χ0v) is 8.36. The lowest BCUT2D eigenvalue weighted by Gasteiger charge is -2.10. The summed E-state index contributed by atoms with van der Waals surface area (Å²) in [5.41, 5.74) is -0.591. The van der Waals surface area contributed by atoms with Gasteiger partial charge in [0, 0.05) is 0 Å². The van der Waals surface area contributed by atoms with Crippen LogP contribution in [0.1, 0.15) is 5.56 Å². The van der Waals surface area contributed by atoms with Crippen LogP contribution < -0.4 is 4.74 Å². The van der Waals surface area contributed by atoms with Gasteiger partial charge in [0.15, 0.2) is 0 Å². The van der Waals surface area contributed by atoms with Gasteiger partial charge in [-0.15, -0.1) is 13.2 Å². The van der Waals surface area contributed by atoms with E-state index in [1.54, 1.807) is 0 Å². The van der Waals surface area contributed by atoms with Gasteiger partial charge in [0.2, 0.25) is 5.75 Å². The second kappa shape index (κ2) is 4.02. The summed E-state index contributed by atoms with van der Waals surface area (Å²) in [5.74, 6) is -2.73. The summed E-state index contributed by atoms with van der Waals surface area (Å²) in [5, 5.41) is 8.45. The number of ether oxygens (including phenoxy) is 1. The van der Waals surface area contributed by atoms with Crippen LogP contribution in [0, 0.1) is 17.3 Å². The minimum atomic E-state index is -5.07. The number of hydrogen-bond donors (Lipinski definition) is 0. The molecule has 8 heteroatoms. The third-order valence-electron chi connectivity index (χ3n) is 1.24. The molecule has 0 amide bonds. The summed E-state index contributed by atoms with van der Waals surface area (Å²) in [6.45, 7) is 0. The van der Waals surface area contributed by atoms with Crippen LogP contribution in [-0.4, -0.2) is 11.3 Å². The first-order valence-electron chi connectivity index (χ1n) is 3.35. The quantitative estimate of drug-likeness (QED) is 0.588. The van der Waals surface area contributed by atoms with Crippen molar-refractivity contribution < 1.29 is 22.3 Å². The average Bonchev–Trinajstić information content (AvgIpc) is 2.07. The fraction of sp³-hybridized carbons (Fsp3) is 0.143. The summed E-state index contributed by atoms with van der Waals surface area (Å²) >= 11 is 2.73. The maximum Gasteiger partial charge on any atom is 0.573 e. The van der Waals surface area contributed by atoms with Crippen molar-refractivity contribution in [1.29, 1.82) is 5.26 Å². The largest absolute Gasteiger partial charge is 0.573 e. The summed E-state index contributed by atoms with van der Waals surface area (Å²) in [6.07, 6.45) is -5.07. The van der Waals surface area contributed by atoms with Crippen molar-refractivity contribution in [3.05, 3.63) is 22.2 Å². The second-order valence-electron chi connectivity index (χ2n) is 2.27. The summed E-state index contributed by atoms with van der Waals surface area (Å²) < 4.78 is 51.5. The van der Waals surface area contributed by atoms with Crippen LogP contribution in [0.15, 0.2) is 10.7 Å². The fourth-order valence-electron chi connectivity index (χ4n) is 0.768. The van der Waals surface area contributed by atoms with Crippen molar-refractivity contribution in [2.24, 2.45) is 0 Å². The Morgan fingerprint density at radius 3 is 2.53 bits per heavy atom. The highest BCUT2D eigenvalue weighted by molar-refractivity contribution is 9.10. The van der Waals surface area contributed by atoms with E-state index in [2.05, 4.69) is 25.7 Å². The van der Waals surface area contributed by atoms with Gasteiger partial charge < -0.3 is 4.74 Å². The van der Waals surface area contributed by atoms with Crippen molar-refractivity contribution in [3.63, 3.8) is 0 Å². The highest BCUT2D eigenvalue weighted by Gasteiger charge is 2.34. The van der Waals surface area contributed by atoms with E-state index in [1.807, 2.05) is 0 Å². The van der Waals surface area contributed by atoms with Crippen LogP contribution in [0.2, 0.25) is 0 Å². The van der Waals surface area contributed by atoms with Gasteiger partial charge in [-0.3, -0.25) is 0 Å². The third-order valence-corrected chi connectivity index (χ3v) is 1.64. The number of pyridine rings is 1. The lowest BCUT2D eigenvalue weighted by molar-refractivity contribution is -0.275. The minimum absolute atomic E-state index is 0.0916. The molecule has 0 radical (unpaired) electrons. The number of halogens is 5. The predicted molar refractivity (Wildman–Crippen MR) is 43.3 cm³/mol. The zero-order chi connectivity index (χ0) is 11.6. The molecule has 3 nitrogen and oxygen atoms in total. The van der Waals surface area contributed by atoms with Gasteiger partial charge in [-0.2, -0.15) is 9.65 Å². The van der Waals surface area contributed by atoms with Gasteiger partial charge in [0.1, 0.15) is 16.2 Å². The molecular weight excluding hydrogens is 284 g/mol. The monoisotopic (exact) mass is 284 g/mol. The van der Waals surface area contributed by atoms with E-state index >= 15 is 0 Å². The lowest BCUT2D eigenvalue weighted by atomic mass is 10.3. The van der Waals surface area contributed by atoms with Gasteiger partial charge in [-0.1, -0.05) is 0 Å². The molecule has 0 bridgehead atoms. The molecule has 0 atom stereocenters. The van der Waals surface area contributed by atoms with Gasteiger partial charge in [0.25, 0.3) is 5.95 Å². The Kier molecular flexibility index (Phi) is 3.14. The van der Waals surface area contributed by atoms with Gasteiger partial charge >= 0.3 is 6.36 Å². The first-order valence-corrected chi connectivity index (χ1v) is 4.14. The van der Waals surface area contributed by atoms with Crippen LogP contribution in [0.4, 0.5) is 17.6 Å².